The van der Waals surface area contributed by atoms with Crippen molar-refractivity contribution in [2.75, 3.05) is 20.3 Å². The Morgan fingerprint density at radius 2 is 1.87 bits per heavy atom. The highest BCUT2D eigenvalue weighted by molar-refractivity contribution is 5.83. The van der Waals surface area contributed by atoms with Gasteiger partial charge < -0.3 is 24.6 Å². The number of carbonyl (C=O) groups is 1. The molecule has 0 aliphatic carbocycles. The molecule has 0 spiro atoms. The molecule has 1 heterocycles. The monoisotopic (exact) mass is 323 g/mol. The molecule has 23 heavy (non-hydrogen) atoms. The Morgan fingerprint density at radius 1 is 1.26 bits per heavy atom. The third-order valence-corrected chi connectivity index (χ3v) is 3.89. The largest absolute Gasteiger partial charge is 0.496 e. The lowest BCUT2D eigenvalue weighted by Gasteiger charge is -2.33. The highest BCUT2D eigenvalue weighted by Crippen LogP contribution is 2.41. The van der Waals surface area contributed by atoms with Gasteiger partial charge in [-0.15, -0.1) is 0 Å². The number of methoxy groups -OCH3 is 1. The molecular formula is C17H25NO5. The van der Waals surface area contributed by atoms with Crippen LogP contribution in [0.25, 0.3) is 0 Å². The van der Waals surface area contributed by atoms with Crippen LogP contribution in [-0.4, -0.2) is 31.3 Å². The standard InChI is InChI=1S/C17H25NO5/c1-5-22-17(23-6-2)16-11(12-9-14(20)18-12)7-8-13(21-4)15(16)10(3)19/h7-8,10,12,17,19H,5-6,9H2,1-4H3,(H,18,20)/t10-,12?/m0/s1. The van der Waals surface area contributed by atoms with E-state index in [2.05, 4.69) is 5.32 Å². The molecule has 6 heteroatoms. The fourth-order valence-corrected chi connectivity index (χ4v) is 2.87. The molecule has 1 amide bonds. The zero-order valence-corrected chi connectivity index (χ0v) is 14.1. The third kappa shape index (κ3) is 3.65. The molecule has 0 aromatic heterocycles. The Kier molecular flexibility index (Phi) is 5.98. The lowest BCUT2D eigenvalue weighted by molar-refractivity contribution is -0.142. The van der Waals surface area contributed by atoms with Crippen molar-refractivity contribution in [2.45, 2.75) is 45.6 Å². The average molecular weight is 323 g/mol. The number of β-lactam (4-membered cyclic amide) rings is 1. The van der Waals surface area contributed by atoms with Crippen LogP contribution < -0.4 is 10.1 Å². The Labute approximate surface area is 136 Å². The first-order valence-electron chi connectivity index (χ1n) is 7.94. The number of aliphatic hydroxyl groups is 1. The average Bonchev–Trinajstić information content (AvgIpc) is 2.50. The van der Waals surface area contributed by atoms with Crippen LogP contribution in [0.15, 0.2) is 12.1 Å². The highest BCUT2D eigenvalue weighted by Gasteiger charge is 2.34. The normalized spacial score (nSPS) is 18.5. The lowest BCUT2D eigenvalue weighted by atomic mass is 9.87. The summed E-state index contributed by atoms with van der Waals surface area (Å²) in [6.45, 7) is 6.40. The number of hydrogen-bond donors (Lipinski definition) is 2. The van der Waals surface area contributed by atoms with E-state index in [9.17, 15) is 9.90 Å². The van der Waals surface area contributed by atoms with Crippen LogP contribution in [0.1, 0.15) is 62.3 Å². The molecule has 2 rings (SSSR count). The summed E-state index contributed by atoms with van der Waals surface area (Å²) in [7, 11) is 1.56. The van der Waals surface area contributed by atoms with E-state index in [0.717, 1.165) is 11.1 Å². The lowest BCUT2D eigenvalue weighted by Crippen LogP contribution is -2.42. The minimum atomic E-state index is -0.751. The zero-order chi connectivity index (χ0) is 17.0. The summed E-state index contributed by atoms with van der Waals surface area (Å²) in [5.74, 6) is 0.591. The van der Waals surface area contributed by atoms with Gasteiger partial charge in [0.2, 0.25) is 5.91 Å². The van der Waals surface area contributed by atoms with Gasteiger partial charge >= 0.3 is 0 Å². The summed E-state index contributed by atoms with van der Waals surface area (Å²) < 4.78 is 16.9. The summed E-state index contributed by atoms with van der Waals surface area (Å²) in [5, 5.41) is 13.1. The number of rotatable bonds is 8. The number of amides is 1. The van der Waals surface area contributed by atoms with Crippen molar-refractivity contribution in [1.29, 1.82) is 0 Å². The molecule has 1 aromatic carbocycles. The quantitative estimate of drug-likeness (QED) is 0.567. The summed E-state index contributed by atoms with van der Waals surface area (Å²) in [6.07, 6.45) is -0.944. The minimum Gasteiger partial charge on any atom is -0.496 e. The van der Waals surface area contributed by atoms with Crippen LogP contribution in [0.5, 0.6) is 5.75 Å². The zero-order valence-electron chi connectivity index (χ0n) is 14.1. The van der Waals surface area contributed by atoms with E-state index >= 15 is 0 Å². The Hall–Kier alpha value is -1.63. The van der Waals surface area contributed by atoms with Crippen LogP contribution in [0, 0.1) is 0 Å². The molecule has 2 atom stereocenters. The Morgan fingerprint density at radius 3 is 2.30 bits per heavy atom. The molecule has 1 fully saturated rings. The summed E-state index contributed by atoms with van der Waals surface area (Å²) >= 11 is 0. The maximum Gasteiger partial charge on any atom is 0.222 e. The van der Waals surface area contributed by atoms with Crippen molar-refractivity contribution in [3.05, 3.63) is 28.8 Å². The van der Waals surface area contributed by atoms with E-state index in [1.54, 1.807) is 20.1 Å². The molecule has 0 saturated carbocycles. The second kappa shape index (κ2) is 7.77. The smallest absolute Gasteiger partial charge is 0.222 e. The van der Waals surface area contributed by atoms with Gasteiger partial charge in [0.25, 0.3) is 0 Å². The number of carbonyl (C=O) groups excluding carboxylic acids is 1. The molecular weight excluding hydrogens is 298 g/mol. The first kappa shape index (κ1) is 17.7. The first-order valence-corrected chi connectivity index (χ1v) is 7.94. The summed E-state index contributed by atoms with van der Waals surface area (Å²) in [4.78, 5) is 11.3. The van der Waals surface area contributed by atoms with Crippen LogP contribution in [-0.2, 0) is 14.3 Å². The molecule has 1 saturated heterocycles. The molecule has 1 aliphatic heterocycles. The van der Waals surface area contributed by atoms with Crippen LogP contribution >= 0.6 is 0 Å². The van der Waals surface area contributed by atoms with E-state index in [-0.39, 0.29) is 11.9 Å². The van der Waals surface area contributed by atoms with Crippen molar-refractivity contribution in [2.24, 2.45) is 0 Å². The van der Waals surface area contributed by atoms with Crippen LogP contribution in [0.2, 0.25) is 0 Å². The van der Waals surface area contributed by atoms with E-state index in [1.807, 2.05) is 19.9 Å². The van der Waals surface area contributed by atoms with Crippen molar-refractivity contribution >= 4 is 5.91 Å². The van der Waals surface area contributed by atoms with Gasteiger partial charge in [0.1, 0.15) is 5.75 Å². The third-order valence-electron chi connectivity index (χ3n) is 3.89. The fourth-order valence-electron chi connectivity index (χ4n) is 2.87. The van der Waals surface area contributed by atoms with Gasteiger partial charge in [-0.2, -0.15) is 0 Å². The van der Waals surface area contributed by atoms with Crippen LogP contribution in [0.4, 0.5) is 0 Å². The number of nitrogens with one attached hydrogen (secondary N) is 1. The molecule has 1 unspecified atom stereocenters. The topological polar surface area (TPSA) is 77.0 Å². The molecule has 2 N–H and O–H groups in total. The second-order valence-electron chi connectivity index (χ2n) is 5.43. The molecule has 0 bridgehead atoms. The first-order chi connectivity index (χ1) is 11.0. The number of aliphatic hydroxyl groups excluding tert-OH is 1. The summed E-state index contributed by atoms with van der Waals surface area (Å²) in [6, 6.07) is 3.61. The maximum atomic E-state index is 11.3. The molecule has 6 nitrogen and oxygen atoms in total. The molecule has 1 aromatic rings. The predicted octanol–water partition coefficient (Wildman–Crippen LogP) is 2.38. The van der Waals surface area contributed by atoms with E-state index in [0.29, 0.717) is 30.9 Å². The van der Waals surface area contributed by atoms with Crippen molar-refractivity contribution in [1.82, 2.24) is 5.32 Å². The van der Waals surface area contributed by atoms with Crippen molar-refractivity contribution in [3.63, 3.8) is 0 Å². The van der Waals surface area contributed by atoms with Crippen molar-refractivity contribution in [3.8, 4) is 5.75 Å². The SMILES string of the molecule is CCOC(OCC)c1c(C2CC(=O)N2)ccc(OC)c1[C@H](C)O. The summed E-state index contributed by atoms with van der Waals surface area (Å²) in [5.41, 5.74) is 2.28. The fraction of sp³-hybridized carbons (Fsp3) is 0.588. The van der Waals surface area contributed by atoms with Gasteiger partial charge in [-0.25, -0.2) is 0 Å². The van der Waals surface area contributed by atoms with Gasteiger partial charge in [-0.3, -0.25) is 4.79 Å². The van der Waals surface area contributed by atoms with E-state index < -0.39 is 12.4 Å². The predicted molar refractivity (Wildman–Crippen MR) is 85.1 cm³/mol. The van der Waals surface area contributed by atoms with Gasteiger partial charge in [-0.1, -0.05) is 6.07 Å². The molecule has 0 radical (unpaired) electrons. The second-order valence-corrected chi connectivity index (χ2v) is 5.43. The van der Waals surface area contributed by atoms with Gasteiger partial charge in [-0.05, 0) is 32.4 Å². The molecule has 1 aliphatic rings. The van der Waals surface area contributed by atoms with Crippen molar-refractivity contribution < 1.29 is 24.1 Å². The van der Waals surface area contributed by atoms with E-state index in [1.165, 1.54) is 0 Å². The van der Waals surface area contributed by atoms with Gasteiger partial charge in [0.05, 0.1) is 25.7 Å². The highest BCUT2D eigenvalue weighted by atomic mass is 16.7. The van der Waals surface area contributed by atoms with Gasteiger partial charge in [0.15, 0.2) is 6.29 Å². The minimum absolute atomic E-state index is 0.0136. The Balaban J connectivity index is 2.57. The Bertz CT molecular complexity index is 544. The van der Waals surface area contributed by atoms with Crippen LogP contribution in [0.3, 0.4) is 0 Å². The molecule has 128 valence electrons. The number of benzene rings is 1. The number of ether oxygens (including phenoxy) is 3. The number of hydrogen-bond acceptors (Lipinski definition) is 5. The maximum absolute atomic E-state index is 11.3. The van der Waals surface area contributed by atoms with E-state index in [4.69, 9.17) is 14.2 Å². The van der Waals surface area contributed by atoms with Gasteiger partial charge in [0, 0.05) is 24.3 Å².